The molecule has 1 aromatic carbocycles. The lowest BCUT2D eigenvalue weighted by Gasteiger charge is -2.12. The highest BCUT2D eigenvalue weighted by Gasteiger charge is 2.17. The van der Waals surface area contributed by atoms with Crippen molar-refractivity contribution in [2.24, 2.45) is 0 Å². The van der Waals surface area contributed by atoms with Crippen LogP contribution in [0.4, 0.5) is 0 Å². The molecule has 8 nitrogen and oxygen atoms in total. The van der Waals surface area contributed by atoms with Gasteiger partial charge >= 0.3 is 0 Å². The van der Waals surface area contributed by atoms with Gasteiger partial charge in [0.1, 0.15) is 0 Å². The second-order valence-electron chi connectivity index (χ2n) is 5.23. The number of carbonyl (C=O) groups is 1. The van der Waals surface area contributed by atoms with Crippen molar-refractivity contribution in [3.8, 4) is 28.6 Å². The summed E-state index contributed by atoms with van der Waals surface area (Å²) in [7, 11) is 4.63. The molecular formula is C17H23N3O5. The number of hydrogen-bond acceptors (Lipinski definition) is 7. The maximum atomic E-state index is 11.4. The van der Waals surface area contributed by atoms with Crippen LogP contribution in [0.5, 0.6) is 17.2 Å². The van der Waals surface area contributed by atoms with E-state index >= 15 is 0 Å². The lowest BCUT2D eigenvalue weighted by molar-refractivity contribution is -0.121. The van der Waals surface area contributed by atoms with Crippen LogP contribution in [0.3, 0.4) is 0 Å². The van der Waals surface area contributed by atoms with E-state index in [9.17, 15) is 4.79 Å². The van der Waals surface area contributed by atoms with Crippen molar-refractivity contribution < 1.29 is 23.5 Å². The molecule has 2 aromatic rings. The number of nitrogens with one attached hydrogen (secondary N) is 1. The molecule has 0 radical (unpaired) electrons. The van der Waals surface area contributed by atoms with Crippen molar-refractivity contribution in [2.75, 3.05) is 27.9 Å². The minimum atomic E-state index is 0.0202. The van der Waals surface area contributed by atoms with E-state index in [0.29, 0.717) is 60.3 Å². The zero-order valence-electron chi connectivity index (χ0n) is 14.9. The fourth-order valence-corrected chi connectivity index (χ4v) is 2.37. The monoisotopic (exact) mass is 349 g/mol. The average Bonchev–Trinajstić information content (AvgIpc) is 3.09. The van der Waals surface area contributed by atoms with Gasteiger partial charge in [-0.2, -0.15) is 4.98 Å². The highest BCUT2D eigenvalue weighted by molar-refractivity contribution is 5.75. The standard InChI is InChI=1S/C17H23N3O5/c1-5-18-14(21)7-6-8-15-19-17(20-25-15)11-9-12(22-2)16(24-4)13(10-11)23-3/h9-10H,5-8H2,1-4H3,(H,18,21). The Hall–Kier alpha value is -2.77. The molecule has 8 heteroatoms. The molecule has 1 aromatic heterocycles. The Morgan fingerprint density at radius 2 is 1.84 bits per heavy atom. The lowest BCUT2D eigenvalue weighted by atomic mass is 10.1. The maximum Gasteiger partial charge on any atom is 0.226 e. The largest absolute Gasteiger partial charge is 0.493 e. The molecule has 0 spiro atoms. The molecule has 0 aliphatic rings. The van der Waals surface area contributed by atoms with Gasteiger partial charge < -0.3 is 24.1 Å². The van der Waals surface area contributed by atoms with Crippen molar-refractivity contribution in [2.45, 2.75) is 26.2 Å². The van der Waals surface area contributed by atoms with Gasteiger partial charge in [-0.1, -0.05) is 5.16 Å². The van der Waals surface area contributed by atoms with Crippen LogP contribution in [0.2, 0.25) is 0 Å². The van der Waals surface area contributed by atoms with Crippen molar-refractivity contribution in [3.63, 3.8) is 0 Å². The zero-order valence-corrected chi connectivity index (χ0v) is 14.9. The fourth-order valence-electron chi connectivity index (χ4n) is 2.37. The third kappa shape index (κ3) is 4.62. The predicted molar refractivity (Wildman–Crippen MR) is 91.0 cm³/mol. The Morgan fingerprint density at radius 3 is 2.40 bits per heavy atom. The molecule has 0 saturated carbocycles. The van der Waals surface area contributed by atoms with E-state index in [1.165, 1.54) is 0 Å². The summed E-state index contributed by atoms with van der Waals surface area (Å²) in [6, 6.07) is 3.51. The molecular weight excluding hydrogens is 326 g/mol. The lowest BCUT2D eigenvalue weighted by Crippen LogP contribution is -2.22. The summed E-state index contributed by atoms with van der Waals surface area (Å²) >= 11 is 0. The van der Waals surface area contributed by atoms with Crippen LogP contribution in [-0.2, 0) is 11.2 Å². The molecule has 2 rings (SSSR count). The minimum absolute atomic E-state index is 0.0202. The number of carbonyl (C=O) groups excluding carboxylic acids is 1. The molecule has 0 bridgehead atoms. The molecule has 0 saturated heterocycles. The first kappa shape index (κ1) is 18.6. The first-order valence-corrected chi connectivity index (χ1v) is 8.02. The summed E-state index contributed by atoms with van der Waals surface area (Å²) in [5.74, 6) is 2.45. The summed E-state index contributed by atoms with van der Waals surface area (Å²) in [6.07, 6.45) is 1.60. The van der Waals surface area contributed by atoms with Gasteiger partial charge in [0.25, 0.3) is 0 Å². The second kappa shape index (κ2) is 8.91. The van der Waals surface area contributed by atoms with Gasteiger partial charge in [0.05, 0.1) is 21.3 Å². The van der Waals surface area contributed by atoms with Crippen LogP contribution < -0.4 is 19.5 Å². The first-order chi connectivity index (χ1) is 12.1. The van der Waals surface area contributed by atoms with Gasteiger partial charge in [-0.15, -0.1) is 0 Å². The van der Waals surface area contributed by atoms with Crippen molar-refractivity contribution in [1.29, 1.82) is 0 Å². The van der Waals surface area contributed by atoms with Gasteiger partial charge in [0, 0.05) is 24.9 Å². The summed E-state index contributed by atoms with van der Waals surface area (Å²) in [5, 5.41) is 6.74. The number of benzene rings is 1. The SMILES string of the molecule is CCNC(=O)CCCc1nc(-c2cc(OC)c(OC)c(OC)c2)no1. The molecule has 1 amide bonds. The molecule has 0 atom stereocenters. The van der Waals surface area contributed by atoms with Gasteiger partial charge in [-0.25, -0.2) is 0 Å². The van der Waals surface area contributed by atoms with Gasteiger partial charge in [0.2, 0.25) is 23.4 Å². The highest BCUT2D eigenvalue weighted by Crippen LogP contribution is 2.40. The Labute approximate surface area is 146 Å². The number of rotatable bonds is 9. The molecule has 0 aliphatic heterocycles. The van der Waals surface area contributed by atoms with Crippen LogP contribution in [0.15, 0.2) is 16.7 Å². The number of aryl methyl sites for hydroxylation is 1. The number of methoxy groups -OCH3 is 3. The summed E-state index contributed by atoms with van der Waals surface area (Å²) in [5.41, 5.74) is 0.688. The van der Waals surface area contributed by atoms with Crippen molar-refractivity contribution >= 4 is 5.91 Å². The predicted octanol–water partition coefficient (Wildman–Crippen LogP) is 2.22. The molecule has 1 heterocycles. The second-order valence-corrected chi connectivity index (χ2v) is 5.23. The molecule has 0 unspecified atom stereocenters. The van der Waals surface area contributed by atoms with Crippen molar-refractivity contribution in [1.82, 2.24) is 15.5 Å². The van der Waals surface area contributed by atoms with Crippen LogP contribution in [0.1, 0.15) is 25.7 Å². The number of aromatic nitrogens is 2. The van der Waals surface area contributed by atoms with E-state index in [1.54, 1.807) is 33.5 Å². The normalized spacial score (nSPS) is 10.4. The summed E-state index contributed by atoms with van der Waals surface area (Å²) in [4.78, 5) is 15.8. The van der Waals surface area contributed by atoms with E-state index in [1.807, 2.05) is 6.92 Å². The van der Waals surface area contributed by atoms with E-state index in [4.69, 9.17) is 18.7 Å². The average molecular weight is 349 g/mol. The first-order valence-electron chi connectivity index (χ1n) is 8.02. The third-order valence-corrected chi connectivity index (χ3v) is 3.56. The fraction of sp³-hybridized carbons (Fsp3) is 0.471. The summed E-state index contributed by atoms with van der Waals surface area (Å²) < 4.78 is 21.2. The van der Waals surface area contributed by atoms with Crippen LogP contribution >= 0.6 is 0 Å². The number of nitrogens with zero attached hydrogens (tertiary/aromatic N) is 2. The Bertz CT molecular complexity index is 689. The van der Waals surface area contributed by atoms with Crippen molar-refractivity contribution in [3.05, 3.63) is 18.0 Å². The number of hydrogen-bond donors (Lipinski definition) is 1. The quantitative estimate of drug-likeness (QED) is 0.741. The highest BCUT2D eigenvalue weighted by atomic mass is 16.5. The minimum Gasteiger partial charge on any atom is -0.493 e. The van der Waals surface area contributed by atoms with Gasteiger partial charge in [-0.3, -0.25) is 4.79 Å². The maximum absolute atomic E-state index is 11.4. The number of amides is 1. The molecule has 0 fully saturated rings. The van der Waals surface area contributed by atoms with E-state index in [0.717, 1.165) is 0 Å². The van der Waals surface area contributed by atoms with Crippen LogP contribution in [-0.4, -0.2) is 43.9 Å². The Kier molecular flexibility index (Phi) is 6.62. The Morgan fingerprint density at radius 1 is 1.16 bits per heavy atom. The van der Waals surface area contributed by atoms with Gasteiger partial charge in [-0.05, 0) is 25.5 Å². The molecule has 1 N–H and O–H groups in total. The topological polar surface area (TPSA) is 95.7 Å². The van der Waals surface area contributed by atoms with Gasteiger partial charge in [0.15, 0.2) is 11.5 Å². The van der Waals surface area contributed by atoms with E-state index in [-0.39, 0.29) is 5.91 Å². The zero-order chi connectivity index (χ0) is 18.2. The van der Waals surface area contributed by atoms with Crippen LogP contribution in [0, 0.1) is 0 Å². The molecule has 0 aliphatic carbocycles. The number of ether oxygens (including phenoxy) is 3. The Balaban J connectivity index is 2.12. The molecule has 136 valence electrons. The smallest absolute Gasteiger partial charge is 0.226 e. The van der Waals surface area contributed by atoms with E-state index < -0.39 is 0 Å². The third-order valence-electron chi connectivity index (χ3n) is 3.56. The van der Waals surface area contributed by atoms with Crippen LogP contribution in [0.25, 0.3) is 11.4 Å². The summed E-state index contributed by atoms with van der Waals surface area (Å²) in [6.45, 7) is 2.52. The van der Waals surface area contributed by atoms with E-state index in [2.05, 4.69) is 15.5 Å². The molecule has 25 heavy (non-hydrogen) atoms.